The average molecular weight is 1120 g/mol. The van der Waals surface area contributed by atoms with Crippen LogP contribution in [-0.2, 0) is 0 Å². The molecule has 0 aliphatic rings. The molecule has 6 heterocycles. The Hall–Kier alpha value is -8.67. The summed E-state index contributed by atoms with van der Waals surface area (Å²) in [6, 6.07) is 93.4. The Morgan fingerprint density at radius 1 is 0.263 bits per heavy atom. The summed E-state index contributed by atoms with van der Waals surface area (Å²) in [5.41, 5.74) is 15.7. The lowest BCUT2D eigenvalue weighted by atomic mass is 10.1. The van der Waals surface area contributed by atoms with E-state index in [0.29, 0.717) is 0 Å². The molecular weight excluding hydrogens is 1080 g/mol. The van der Waals surface area contributed by atoms with E-state index in [9.17, 15) is 0 Å². The van der Waals surface area contributed by atoms with Gasteiger partial charge in [-0.2, -0.15) is 0 Å². The number of benzene rings is 10. The topological polar surface area (TPSA) is 23.0 Å². The molecule has 0 saturated heterocycles. The van der Waals surface area contributed by atoms with Gasteiger partial charge in [0.1, 0.15) is 0 Å². The van der Waals surface area contributed by atoms with Crippen LogP contribution in [0.1, 0.15) is 0 Å². The molecule has 0 aliphatic heterocycles. The lowest BCUT2D eigenvalue weighted by Crippen LogP contribution is -2.12. The summed E-state index contributed by atoms with van der Waals surface area (Å²) in [4.78, 5) is 2.48. The van der Waals surface area contributed by atoms with E-state index >= 15 is 0 Å². The Balaban J connectivity index is 0.000000792. The first-order valence-electron chi connectivity index (χ1n) is 25.4. The van der Waals surface area contributed by atoms with Gasteiger partial charge in [0.05, 0.1) is 86.1 Å². The van der Waals surface area contributed by atoms with E-state index in [4.69, 9.17) is 0 Å². The van der Waals surface area contributed by atoms with Gasteiger partial charge in [-0.05, 0) is 136 Å². The van der Waals surface area contributed by atoms with Crippen LogP contribution < -0.4 is 4.90 Å². The average Bonchev–Trinajstić information content (AvgIpc) is 4.45. The van der Waals surface area contributed by atoms with E-state index < -0.39 is 0 Å². The second-order valence-electron chi connectivity index (χ2n) is 19.1. The normalized spacial score (nSPS) is 11.8. The third-order valence-corrected chi connectivity index (χ3v) is 17.5. The van der Waals surface area contributed by atoms with E-state index in [-0.39, 0.29) is 0 Å². The number of aromatic nitrogens is 4. The van der Waals surface area contributed by atoms with Crippen molar-refractivity contribution in [3.63, 3.8) is 0 Å². The minimum absolute atomic E-state index is 1.05. The molecule has 10 aromatic carbocycles. The number of hydrogen-bond donors (Lipinski definition) is 0. The van der Waals surface area contributed by atoms with Crippen LogP contribution in [0.2, 0.25) is 0 Å². The summed E-state index contributed by atoms with van der Waals surface area (Å²) in [5.74, 6) is 0. The first-order valence-corrected chi connectivity index (χ1v) is 28.3. The quantitative estimate of drug-likeness (QED) is 0.146. The van der Waals surface area contributed by atoms with Crippen molar-refractivity contribution in [3.05, 3.63) is 268 Å². The van der Waals surface area contributed by atoms with Crippen LogP contribution in [-0.4, -0.2) is 18.3 Å². The standard InChI is InChI=1S/C64H41N5S.C4H3IS/c1-9-26-56-48(18-1)49-19-2-10-27-57(49)66(56)44-36-42(37-45(40-44)67-58-28-11-3-20-50(58)51-21-4-12-29-59(51)67)65(64-34-17-35-70-64)43-38-46(68-60-30-13-5-22-52(60)53-23-6-14-31-61(53)68)41-47(39-43)69-62-32-15-7-24-54(62)55-25-8-16-33-63(55)69;5-4-2-1-3-6-4/h1-41H;1-3H. The summed E-state index contributed by atoms with van der Waals surface area (Å²) in [6.07, 6.45) is 0. The van der Waals surface area contributed by atoms with Crippen LogP contribution in [0.25, 0.3) is 110 Å². The van der Waals surface area contributed by atoms with Crippen molar-refractivity contribution in [1.29, 1.82) is 0 Å². The fourth-order valence-electron chi connectivity index (χ4n) is 11.8. The monoisotopic (exact) mass is 1120 g/mol. The molecule has 0 saturated carbocycles. The molecule has 0 aliphatic carbocycles. The number of halogens is 1. The van der Waals surface area contributed by atoms with Gasteiger partial charge >= 0.3 is 0 Å². The Morgan fingerprint density at radius 2 is 0.513 bits per heavy atom. The maximum Gasteiger partial charge on any atom is 0.0999 e. The molecular formula is C68H44IN5S2. The molecule has 0 bridgehead atoms. The van der Waals surface area contributed by atoms with Gasteiger partial charge in [-0.1, -0.05) is 152 Å². The summed E-state index contributed by atoms with van der Waals surface area (Å²) in [5, 5.41) is 15.2. The highest BCUT2D eigenvalue weighted by Gasteiger charge is 2.24. The van der Waals surface area contributed by atoms with Crippen molar-refractivity contribution < 1.29 is 0 Å². The van der Waals surface area contributed by atoms with Gasteiger partial charge in [0.25, 0.3) is 0 Å². The fourth-order valence-corrected chi connectivity index (χ4v) is 13.7. The van der Waals surface area contributed by atoms with Crippen molar-refractivity contribution in [2.75, 3.05) is 4.90 Å². The van der Waals surface area contributed by atoms with Gasteiger partial charge in [-0.25, -0.2) is 0 Å². The zero-order valence-electron chi connectivity index (χ0n) is 40.8. The number of rotatable bonds is 7. The highest BCUT2D eigenvalue weighted by Crippen LogP contribution is 2.45. The molecule has 0 atom stereocenters. The van der Waals surface area contributed by atoms with Gasteiger partial charge in [-0.15, -0.1) is 22.7 Å². The Kier molecular flexibility index (Phi) is 10.8. The third-order valence-electron chi connectivity index (χ3n) is 14.9. The highest BCUT2D eigenvalue weighted by molar-refractivity contribution is 14.1. The van der Waals surface area contributed by atoms with Crippen LogP contribution in [0.15, 0.2) is 266 Å². The highest BCUT2D eigenvalue weighted by atomic mass is 127. The maximum atomic E-state index is 2.48. The van der Waals surface area contributed by atoms with Crippen LogP contribution in [0.3, 0.4) is 0 Å². The molecule has 8 heteroatoms. The predicted octanol–water partition coefficient (Wildman–Crippen LogP) is 20.0. The fraction of sp³-hybridized carbons (Fsp3) is 0. The molecule has 0 unspecified atom stereocenters. The van der Waals surface area contributed by atoms with E-state index in [1.165, 1.54) is 90.1 Å². The van der Waals surface area contributed by atoms with Gasteiger partial charge in [0.15, 0.2) is 0 Å². The van der Waals surface area contributed by atoms with Crippen LogP contribution in [0, 0.1) is 2.88 Å². The minimum Gasteiger partial charge on any atom is -0.309 e. The number of thiophene rings is 2. The molecule has 5 nitrogen and oxygen atoms in total. The molecule has 16 aromatic rings. The van der Waals surface area contributed by atoms with Gasteiger partial charge < -0.3 is 23.2 Å². The van der Waals surface area contributed by atoms with Gasteiger partial charge in [0, 0.05) is 43.1 Å². The first-order chi connectivity index (χ1) is 37.6. The lowest BCUT2D eigenvalue weighted by molar-refractivity contribution is 1.11. The van der Waals surface area contributed by atoms with Crippen LogP contribution in [0.4, 0.5) is 16.4 Å². The molecule has 76 heavy (non-hydrogen) atoms. The number of para-hydroxylation sites is 8. The van der Waals surface area contributed by atoms with Crippen molar-refractivity contribution in [2.24, 2.45) is 0 Å². The van der Waals surface area contributed by atoms with Gasteiger partial charge in [-0.3, -0.25) is 0 Å². The number of hydrogen-bond acceptors (Lipinski definition) is 3. The Labute approximate surface area is 459 Å². The molecule has 0 N–H and O–H groups in total. The zero-order chi connectivity index (χ0) is 50.3. The number of anilines is 3. The van der Waals surface area contributed by atoms with Crippen molar-refractivity contribution >= 4 is 149 Å². The van der Waals surface area contributed by atoms with Crippen molar-refractivity contribution in [2.45, 2.75) is 0 Å². The van der Waals surface area contributed by atoms with Crippen LogP contribution >= 0.6 is 45.3 Å². The second kappa shape index (κ2) is 18.3. The Bertz CT molecular complexity index is 4110. The summed E-state index contributed by atoms with van der Waals surface area (Å²) in [6.45, 7) is 0. The number of nitrogens with zero attached hydrogens (tertiary/aromatic N) is 5. The van der Waals surface area contributed by atoms with E-state index in [1.54, 1.807) is 22.7 Å². The summed E-state index contributed by atoms with van der Waals surface area (Å²) >= 11 is 5.81. The molecule has 0 fully saturated rings. The molecule has 0 radical (unpaired) electrons. The van der Waals surface area contributed by atoms with Crippen molar-refractivity contribution in [1.82, 2.24) is 18.3 Å². The largest absolute Gasteiger partial charge is 0.309 e. The smallest absolute Gasteiger partial charge is 0.0999 e. The first kappa shape index (κ1) is 44.8. The van der Waals surface area contributed by atoms with E-state index in [2.05, 4.69) is 305 Å². The van der Waals surface area contributed by atoms with Gasteiger partial charge in [0.2, 0.25) is 0 Å². The second-order valence-corrected chi connectivity index (χ2v) is 22.9. The molecule has 360 valence electrons. The minimum atomic E-state index is 1.05. The SMILES string of the molecule is Ic1cccs1.c1csc(N(c2cc(-n3c4ccccc4c4ccccc43)cc(-n3c4ccccc4c4ccccc43)c2)c2cc(-n3c4ccccc4c4ccccc43)cc(-n3c4ccccc4c4ccccc43)c2)c1. The lowest BCUT2D eigenvalue weighted by Gasteiger charge is -2.27. The number of fused-ring (bicyclic) bond motifs is 12. The molecule has 6 aromatic heterocycles. The Morgan fingerprint density at radius 3 is 0.724 bits per heavy atom. The van der Waals surface area contributed by atoms with E-state index in [1.807, 2.05) is 6.07 Å². The summed E-state index contributed by atoms with van der Waals surface area (Å²) < 4.78 is 11.2. The molecule has 0 amide bonds. The van der Waals surface area contributed by atoms with Crippen molar-refractivity contribution in [3.8, 4) is 22.7 Å². The molecule has 0 spiro atoms. The predicted molar refractivity (Wildman–Crippen MR) is 333 cm³/mol. The third kappa shape index (κ3) is 7.23. The summed E-state index contributed by atoms with van der Waals surface area (Å²) in [7, 11) is 0. The molecule has 16 rings (SSSR count). The van der Waals surface area contributed by atoms with Crippen LogP contribution in [0.5, 0.6) is 0 Å². The van der Waals surface area contributed by atoms with E-state index in [0.717, 1.165) is 39.1 Å². The zero-order valence-corrected chi connectivity index (χ0v) is 44.6. The maximum absolute atomic E-state index is 2.48.